The Morgan fingerprint density at radius 1 is 1.12 bits per heavy atom. The topological polar surface area (TPSA) is 121 Å². The predicted octanol–water partition coefficient (Wildman–Crippen LogP) is 2.29. The van der Waals surface area contributed by atoms with Gasteiger partial charge in [-0.05, 0) is 31.5 Å². The fourth-order valence-electron chi connectivity index (χ4n) is 3.48. The van der Waals surface area contributed by atoms with Crippen molar-refractivity contribution in [2.45, 2.75) is 26.9 Å². The molecule has 0 fully saturated rings. The minimum absolute atomic E-state index is 0.0690. The number of nitrogens with zero attached hydrogens (tertiary/aromatic N) is 3. The van der Waals surface area contributed by atoms with Gasteiger partial charge in [0.25, 0.3) is 11.5 Å². The standard InChI is InChI=1S/C24H30N6O4/c1-4-29(5-2)19-12-11-18(16-25-19)22(31)27-21-20(26-15-17-9-7-6-8-10-17)23(32)28-24(33)30(21)13-14-34-3/h6-12,16,26H,4-5,13-15H2,1-3H3,(H,27,31)(H,28,32,33). The first-order valence-corrected chi connectivity index (χ1v) is 11.1. The van der Waals surface area contributed by atoms with E-state index in [4.69, 9.17) is 4.74 Å². The van der Waals surface area contributed by atoms with Crippen LogP contribution in [-0.2, 0) is 17.8 Å². The highest BCUT2D eigenvalue weighted by Crippen LogP contribution is 2.18. The molecule has 3 aromatic rings. The van der Waals surface area contributed by atoms with Crippen molar-refractivity contribution in [2.75, 3.05) is 42.3 Å². The second-order valence-electron chi connectivity index (χ2n) is 7.50. The van der Waals surface area contributed by atoms with Crippen LogP contribution in [0.15, 0.2) is 58.3 Å². The van der Waals surface area contributed by atoms with Gasteiger partial charge in [-0.1, -0.05) is 30.3 Å². The lowest BCUT2D eigenvalue weighted by atomic mass is 10.2. The maximum atomic E-state index is 13.1. The molecule has 0 aliphatic carbocycles. The quantitative estimate of drug-likeness (QED) is 0.396. The Bertz CT molecular complexity index is 1200. The van der Waals surface area contributed by atoms with Gasteiger partial charge in [0.1, 0.15) is 17.3 Å². The summed E-state index contributed by atoms with van der Waals surface area (Å²) in [5.74, 6) is 0.344. The number of carbonyl (C=O) groups is 1. The van der Waals surface area contributed by atoms with Crippen molar-refractivity contribution in [2.24, 2.45) is 0 Å². The van der Waals surface area contributed by atoms with Crippen molar-refractivity contribution in [1.29, 1.82) is 0 Å². The Morgan fingerprint density at radius 2 is 1.85 bits per heavy atom. The fourth-order valence-corrected chi connectivity index (χ4v) is 3.48. The number of hydrogen-bond acceptors (Lipinski definition) is 7. The Balaban J connectivity index is 1.94. The van der Waals surface area contributed by atoms with Gasteiger partial charge in [-0.15, -0.1) is 0 Å². The molecule has 180 valence electrons. The van der Waals surface area contributed by atoms with Crippen LogP contribution in [0.2, 0.25) is 0 Å². The number of ether oxygens (including phenoxy) is 1. The molecule has 10 nitrogen and oxygen atoms in total. The smallest absolute Gasteiger partial charge is 0.330 e. The van der Waals surface area contributed by atoms with Crippen molar-refractivity contribution in [3.63, 3.8) is 0 Å². The second-order valence-corrected chi connectivity index (χ2v) is 7.50. The number of hydrogen-bond donors (Lipinski definition) is 3. The summed E-state index contributed by atoms with van der Waals surface area (Å²) in [7, 11) is 1.51. The van der Waals surface area contributed by atoms with E-state index in [9.17, 15) is 14.4 Å². The molecule has 0 unspecified atom stereocenters. The number of nitrogens with one attached hydrogen (secondary N) is 3. The van der Waals surface area contributed by atoms with Crippen molar-refractivity contribution in [3.8, 4) is 0 Å². The largest absolute Gasteiger partial charge is 0.383 e. The maximum absolute atomic E-state index is 13.1. The fraction of sp³-hybridized carbons (Fsp3) is 0.333. The summed E-state index contributed by atoms with van der Waals surface area (Å²) >= 11 is 0. The number of anilines is 3. The van der Waals surface area contributed by atoms with Gasteiger partial charge in [0.15, 0.2) is 0 Å². The first-order chi connectivity index (χ1) is 16.5. The third-order valence-corrected chi connectivity index (χ3v) is 5.36. The molecule has 0 saturated carbocycles. The van der Waals surface area contributed by atoms with Crippen molar-refractivity contribution >= 4 is 23.2 Å². The van der Waals surface area contributed by atoms with E-state index in [0.717, 1.165) is 24.5 Å². The molecule has 10 heteroatoms. The number of benzene rings is 1. The van der Waals surface area contributed by atoms with Gasteiger partial charge in [0.2, 0.25) is 0 Å². The molecule has 3 N–H and O–H groups in total. The number of rotatable bonds is 11. The van der Waals surface area contributed by atoms with Crippen LogP contribution < -0.4 is 26.8 Å². The van der Waals surface area contributed by atoms with E-state index in [1.807, 2.05) is 44.2 Å². The van der Waals surface area contributed by atoms with E-state index in [2.05, 4.69) is 25.5 Å². The monoisotopic (exact) mass is 466 g/mol. The van der Waals surface area contributed by atoms with Crippen LogP contribution in [-0.4, -0.2) is 47.2 Å². The first kappa shape index (κ1) is 24.7. The van der Waals surface area contributed by atoms with Gasteiger partial charge in [0, 0.05) is 32.9 Å². The summed E-state index contributed by atoms with van der Waals surface area (Å²) < 4.78 is 6.37. The molecular formula is C24H30N6O4. The summed E-state index contributed by atoms with van der Waals surface area (Å²) in [5, 5.41) is 5.79. The lowest BCUT2D eigenvalue weighted by Gasteiger charge is -2.20. The van der Waals surface area contributed by atoms with Crippen LogP contribution in [0.4, 0.5) is 17.3 Å². The average molecular weight is 467 g/mol. The molecule has 1 amide bonds. The Labute approximate surface area is 197 Å². The normalized spacial score (nSPS) is 10.7. The van der Waals surface area contributed by atoms with Crippen LogP contribution in [0.1, 0.15) is 29.8 Å². The minimum atomic E-state index is -0.641. The van der Waals surface area contributed by atoms with Crippen LogP contribution in [0.3, 0.4) is 0 Å². The summed E-state index contributed by atoms with van der Waals surface area (Å²) in [5.41, 5.74) is 0.0547. The Kier molecular flexibility index (Phi) is 8.58. The third-order valence-electron chi connectivity index (χ3n) is 5.36. The summed E-state index contributed by atoms with van der Waals surface area (Å²) in [6.45, 7) is 6.33. The molecule has 0 atom stereocenters. The highest BCUT2D eigenvalue weighted by Gasteiger charge is 2.19. The van der Waals surface area contributed by atoms with Gasteiger partial charge in [-0.2, -0.15) is 0 Å². The van der Waals surface area contributed by atoms with Crippen molar-refractivity contribution < 1.29 is 9.53 Å². The van der Waals surface area contributed by atoms with Gasteiger partial charge in [-0.25, -0.2) is 9.78 Å². The highest BCUT2D eigenvalue weighted by atomic mass is 16.5. The van der Waals surface area contributed by atoms with E-state index in [1.54, 1.807) is 12.1 Å². The molecule has 0 aliphatic rings. The van der Waals surface area contributed by atoms with Crippen LogP contribution >= 0.6 is 0 Å². The van der Waals surface area contributed by atoms with E-state index in [-0.39, 0.29) is 24.7 Å². The molecule has 34 heavy (non-hydrogen) atoms. The molecule has 2 heterocycles. The predicted molar refractivity (Wildman–Crippen MR) is 133 cm³/mol. The zero-order chi connectivity index (χ0) is 24.5. The zero-order valence-corrected chi connectivity index (χ0v) is 19.6. The van der Waals surface area contributed by atoms with Gasteiger partial charge < -0.3 is 20.3 Å². The molecule has 3 rings (SSSR count). The molecule has 0 bridgehead atoms. The van der Waals surface area contributed by atoms with Gasteiger partial charge >= 0.3 is 5.69 Å². The average Bonchev–Trinajstić information content (AvgIpc) is 2.85. The maximum Gasteiger partial charge on any atom is 0.330 e. The van der Waals surface area contributed by atoms with Gasteiger partial charge in [-0.3, -0.25) is 19.1 Å². The van der Waals surface area contributed by atoms with Crippen LogP contribution in [0.25, 0.3) is 0 Å². The number of methoxy groups -OCH3 is 1. The van der Waals surface area contributed by atoms with Crippen molar-refractivity contribution in [3.05, 3.63) is 80.6 Å². The molecule has 0 radical (unpaired) electrons. The summed E-state index contributed by atoms with van der Waals surface area (Å²) in [6, 6.07) is 12.9. The van der Waals surface area contributed by atoms with E-state index >= 15 is 0 Å². The Morgan fingerprint density at radius 3 is 2.47 bits per heavy atom. The van der Waals surface area contributed by atoms with E-state index in [0.29, 0.717) is 12.1 Å². The molecule has 0 spiro atoms. The number of aromatic amines is 1. The van der Waals surface area contributed by atoms with Crippen LogP contribution in [0.5, 0.6) is 0 Å². The molecule has 0 saturated heterocycles. The number of carbonyl (C=O) groups excluding carboxylic acids is 1. The number of pyridine rings is 1. The Hall–Kier alpha value is -3.92. The molecule has 2 aromatic heterocycles. The summed E-state index contributed by atoms with van der Waals surface area (Å²) in [6.07, 6.45) is 1.48. The highest BCUT2D eigenvalue weighted by molar-refractivity contribution is 6.05. The molecule has 1 aromatic carbocycles. The van der Waals surface area contributed by atoms with E-state index < -0.39 is 17.2 Å². The van der Waals surface area contributed by atoms with Gasteiger partial charge in [0.05, 0.1) is 18.7 Å². The minimum Gasteiger partial charge on any atom is -0.383 e. The van der Waals surface area contributed by atoms with Crippen molar-refractivity contribution in [1.82, 2.24) is 14.5 Å². The van der Waals surface area contributed by atoms with Crippen LogP contribution in [0, 0.1) is 0 Å². The lowest BCUT2D eigenvalue weighted by molar-refractivity contribution is 0.102. The lowest BCUT2D eigenvalue weighted by Crippen LogP contribution is -2.36. The molecule has 0 aliphatic heterocycles. The summed E-state index contributed by atoms with van der Waals surface area (Å²) in [4.78, 5) is 47.0. The second kappa shape index (κ2) is 11.8. The molecular weight excluding hydrogens is 436 g/mol. The first-order valence-electron chi connectivity index (χ1n) is 11.1. The number of aromatic nitrogens is 3. The number of H-pyrrole nitrogens is 1. The SMILES string of the molecule is CCN(CC)c1ccc(C(=O)Nc2c(NCc3ccccc3)c(=O)[nH]c(=O)n2CCOC)cn1. The number of amides is 1. The zero-order valence-electron chi connectivity index (χ0n) is 19.6. The van der Waals surface area contributed by atoms with E-state index in [1.165, 1.54) is 17.9 Å². The third kappa shape index (κ3) is 5.90.